The number of fused-ring (bicyclic) bond motifs is 9. The summed E-state index contributed by atoms with van der Waals surface area (Å²) in [5, 5.41) is 0. The van der Waals surface area contributed by atoms with E-state index in [4.69, 9.17) is 4.74 Å². The van der Waals surface area contributed by atoms with Crippen molar-refractivity contribution in [2.24, 2.45) is 35.5 Å². The molecule has 4 bridgehead atoms. The van der Waals surface area contributed by atoms with Gasteiger partial charge in [-0.15, -0.1) is 0 Å². The van der Waals surface area contributed by atoms with Gasteiger partial charge >= 0.3 is 5.97 Å². The number of allylic oxidation sites excluding steroid dienone is 2. The maximum Gasteiger partial charge on any atom is 0.339 e. The van der Waals surface area contributed by atoms with Crippen molar-refractivity contribution in [1.29, 1.82) is 0 Å². The second-order valence-corrected chi connectivity index (χ2v) is 8.85. The van der Waals surface area contributed by atoms with Crippen molar-refractivity contribution in [3.8, 4) is 11.1 Å². The van der Waals surface area contributed by atoms with Gasteiger partial charge in [0.05, 0.1) is 5.56 Å². The first-order chi connectivity index (χ1) is 13.3. The zero-order valence-electron chi connectivity index (χ0n) is 15.3. The maximum absolute atomic E-state index is 13.1. The third-order valence-electron chi connectivity index (χ3n) is 7.70. The zero-order valence-corrected chi connectivity index (χ0v) is 15.3. The van der Waals surface area contributed by atoms with Crippen LogP contribution in [-0.4, -0.2) is 12.1 Å². The van der Waals surface area contributed by atoms with Crippen molar-refractivity contribution in [1.82, 2.24) is 0 Å². The van der Waals surface area contributed by atoms with Gasteiger partial charge in [-0.25, -0.2) is 4.79 Å². The van der Waals surface area contributed by atoms with Gasteiger partial charge in [-0.3, -0.25) is 0 Å². The van der Waals surface area contributed by atoms with Crippen LogP contribution in [0.5, 0.6) is 0 Å². The lowest BCUT2D eigenvalue weighted by molar-refractivity contribution is -0.00403. The van der Waals surface area contributed by atoms with E-state index in [2.05, 4.69) is 24.3 Å². The molecule has 4 aliphatic carbocycles. The lowest BCUT2D eigenvalue weighted by atomic mass is 9.72. The van der Waals surface area contributed by atoms with Crippen LogP contribution in [0, 0.1) is 35.5 Å². The van der Waals surface area contributed by atoms with Gasteiger partial charge < -0.3 is 4.74 Å². The topological polar surface area (TPSA) is 26.3 Å². The minimum Gasteiger partial charge on any atom is -0.458 e. The Bertz CT molecular complexity index is 915. The van der Waals surface area contributed by atoms with Crippen LogP contribution in [0.15, 0.2) is 66.7 Å². The fourth-order valence-corrected chi connectivity index (χ4v) is 6.82. The Kier molecular flexibility index (Phi) is 3.38. The minimum absolute atomic E-state index is 0.111. The van der Waals surface area contributed by atoms with Crippen LogP contribution in [0.25, 0.3) is 11.1 Å². The molecule has 2 nitrogen and oxygen atoms in total. The molecule has 0 spiro atoms. The summed E-state index contributed by atoms with van der Waals surface area (Å²) in [6.07, 6.45) is 8.70. The van der Waals surface area contributed by atoms with Crippen LogP contribution in [-0.2, 0) is 4.74 Å². The molecule has 6 rings (SSSR count). The van der Waals surface area contributed by atoms with E-state index in [1.807, 2.05) is 42.5 Å². The highest BCUT2D eigenvalue weighted by molar-refractivity contribution is 5.97. The molecule has 0 saturated heterocycles. The molecule has 4 aliphatic rings. The molecule has 0 aliphatic heterocycles. The van der Waals surface area contributed by atoms with Crippen molar-refractivity contribution in [2.45, 2.75) is 25.4 Å². The highest BCUT2D eigenvalue weighted by Crippen LogP contribution is 2.65. The van der Waals surface area contributed by atoms with Gasteiger partial charge in [-0.1, -0.05) is 60.7 Å². The highest BCUT2D eigenvalue weighted by atomic mass is 16.5. The number of benzene rings is 2. The lowest BCUT2D eigenvalue weighted by Crippen LogP contribution is -2.36. The van der Waals surface area contributed by atoms with Gasteiger partial charge in [0.25, 0.3) is 0 Å². The summed E-state index contributed by atoms with van der Waals surface area (Å²) in [5.41, 5.74) is 2.72. The Morgan fingerprint density at radius 1 is 0.815 bits per heavy atom. The van der Waals surface area contributed by atoms with Gasteiger partial charge in [0.2, 0.25) is 0 Å². The first-order valence-electron chi connectivity index (χ1n) is 10.3. The smallest absolute Gasteiger partial charge is 0.339 e. The molecular weight excluding hydrogens is 332 g/mol. The fourth-order valence-electron chi connectivity index (χ4n) is 6.82. The number of carbonyl (C=O) groups excluding carboxylic acids is 1. The average Bonchev–Trinajstić information content (AvgIpc) is 3.48. The van der Waals surface area contributed by atoms with E-state index in [9.17, 15) is 4.79 Å². The van der Waals surface area contributed by atoms with E-state index in [0.29, 0.717) is 11.5 Å². The first-order valence-corrected chi connectivity index (χ1v) is 10.3. The van der Waals surface area contributed by atoms with Crippen LogP contribution < -0.4 is 0 Å². The van der Waals surface area contributed by atoms with E-state index in [-0.39, 0.29) is 12.1 Å². The van der Waals surface area contributed by atoms with Crippen LogP contribution in [0.2, 0.25) is 0 Å². The van der Waals surface area contributed by atoms with Crippen LogP contribution in [0.1, 0.15) is 29.6 Å². The molecule has 0 heterocycles. The van der Waals surface area contributed by atoms with Crippen molar-refractivity contribution in [3.63, 3.8) is 0 Å². The summed E-state index contributed by atoms with van der Waals surface area (Å²) >= 11 is 0. The van der Waals surface area contributed by atoms with E-state index in [1.165, 1.54) is 12.8 Å². The summed E-state index contributed by atoms with van der Waals surface area (Å²) in [6, 6.07) is 18.0. The summed E-state index contributed by atoms with van der Waals surface area (Å²) in [5.74, 6) is 4.38. The number of hydrogen-bond donors (Lipinski definition) is 0. The van der Waals surface area contributed by atoms with E-state index in [1.54, 1.807) is 0 Å². The Hall–Kier alpha value is -2.35. The van der Waals surface area contributed by atoms with Crippen molar-refractivity contribution in [3.05, 3.63) is 72.3 Å². The molecule has 2 aromatic carbocycles. The molecule has 27 heavy (non-hydrogen) atoms. The summed E-state index contributed by atoms with van der Waals surface area (Å²) in [4.78, 5) is 13.1. The van der Waals surface area contributed by atoms with Gasteiger partial charge in [0.15, 0.2) is 0 Å². The molecule has 0 N–H and O–H groups in total. The zero-order chi connectivity index (χ0) is 18.0. The maximum atomic E-state index is 13.1. The van der Waals surface area contributed by atoms with Gasteiger partial charge in [0, 0.05) is 0 Å². The van der Waals surface area contributed by atoms with Crippen molar-refractivity contribution in [2.75, 3.05) is 0 Å². The lowest BCUT2D eigenvalue weighted by Gasteiger charge is -2.36. The Balaban J connectivity index is 1.25. The number of hydrogen-bond acceptors (Lipinski definition) is 2. The van der Waals surface area contributed by atoms with Gasteiger partial charge in [0.1, 0.15) is 6.10 Å². The van der Waals surface area contributed by atoms with E-state index >= 15 is 0 Å². The Labute approximate surface area is 160 Å². The summed E-state index contributed by atoms with van der Waals surface area (Å²) < 4.78 is 6.15. The highest BCUT2D eigenvalue weighted by Gasteiger charge is 2.61. The SMILES string of the molecule is O=C(OC1CC2CC1C1C3C=CC(C3)C21)c1ccccc1-c1ccccc1. The third-order valence-corrected chi connectivity index (χ3v) is 7.70. The average molecular weight is 356 g/mol. The molecular formula is C25H24O2. The monoisotopic (exact) mass is 356 g/mol. The Morgan fingerprint density at radius 2 is 1.56 bits per heavy atom. The standard InChI is InChI=1S/C25H24O2/c26-25(20-9-5-4-8-19(20)15-6-2-1-3-7-15)27-22-14-18-13-21(22)24-17-11-10-16(12-17)23(18)24/h1-11,16-18,21-24H,12-14H2. The number of esters is 1. The third kappa shape index (κ3) is 2.29. The fraction of sp³-hybridized carbons (Fsp3) is 0.400. The second kappa shape index (κ2) is 5.82. The second-order valence-electron chi connectivity index (χ2n) is 8.85. The van der Waals surface area contributed by atoms with E-state index < -0.39 is 0 Å². The van der Waals surface area contributed by atoms with Crippen LogP contribution in [0.3, 0.4) is 0 Å². The predicted octanol–water partition coefficient (Wildman–Crippen LogP) is 5.36. The molecule has 136 valence electrons. The number of carbonyl (C=O) groups is 1. The predicted molar refractivity (Wildman–Crippen MR) is 105 cm³/mol. The minimum atomic E-state index is -0.151. The molecule has 3 saturated carbocycles. The molecule has 2 heteroatoms. The quantitative estimate of drug-likeness (QED) is 0.420. The molecule has 0 amide bonds. The number of ether oxygens (including phenoxy) is 1. The molecule has 0 aromatic heterocycles. The van der Waals surface area contributed by atoms with E-state index in [0.717, 1.165) is 47.1 Å². The Morgan fingerprint density at radius 3 is 2.41 bits per heavy atom. The van der Waals surface area contributed by atoms with Crippen molar-refractivity contribution >= 4 is 5.97 Å². The van der Waals surface area contributed by atoms with Gasteiger partial charge in [-0.2, -0.15) is 0 Å². The largest absolute Gasteiger partial charge is 0.458 e. The van der Waals surface area contributed by atoms with Crippen molar-refractivity contribution < 1.29 is 9.53 Å². The summed E-state index contributed by atoms with van der Waals surface area (Å²) in [6.45, 7) is 0. The molecule has 0 radical (unpaired) electrons. The summed E-state index contributed by atoms with van der Waals surface area (Å²) in [7, 11) is 0. The first kappa shape index (κ1) is 15.7. The molecule has 3 fully saturated rings. The number of rotatable bonds is 3. The molecule has 7 unspecified atom stereocenters. The molecule has 7 atom stereocenters. The normalized spacial score (nSPS) is 37.6. The van der Waals surface area contributed by atoms with Gasteiger partial charge in [-0.05, 0) is 72.0 Å². The van der Waals surface area contributed by atoms with Crippen LogP contribution in [0.4, 0.5) is 0 Å². The van der Waals surface area contributed by atoms with Crippen LogP contribution >= 0.6 is 0 Å². The molecule has 2 aromatic rings.